The third-order valence-electron chi connectivity index (χ3n) is 3.95. The van der Waals surface area contributed by atoms with Gasteiger partial charge in [0.05, 0.1) is 7.11 Å². The van der Waals surface area contributed by atoms with Crippen molar-refractivity contribution in [3.63, 3.8) is 0 Å². The molecular formula is C18H21N3O. The first-order valence-electron chi connectivity index (χ1n) is 7.43. The Morgan fingerprint density at radius 1 is 1.18 bits per heavy atom. The summed E-state index contributed by atoms with van der Waals surface area (Å²) in [4.78, 5) is 4.69. The lowest BCUT2D eigenvalue weighted by Crippen LogP contribution is -1.97. The average Bonchev–Trinajstić information content (AvgIpc) is 2.83. The second kappa shape index (κ2) is 5.37. The van der Waals surface area contributed by atoms with Crippen LogP contribution in [0.2, 0.25) is 0 Å². The van der Waals surface area contributed by atoms with Crippen molar-refractivity contribution in [3.8, 4) is 17.0 Å². The van der Waals surface area contributed by atoms with E-state index in [2.05, 4.69) is 26.0 Å². The molecule has 0 amide bonds. The van der Waals surface area contributed by atoms with Gasteiger partial charge in [-0.05, 0) is 42.2 Å². The number of anilines is 1. The second-order valence-corrected chi connectivity index (χ2v) is 5.89. The summed E-state index contributed by atoms with van der Waals surface area (Å²) in [5, 5.41) is 0. The van der Waals surface area contributed by atoms with E-state index in [-0.39, 0.29) is 0 Å². The summed E-state index contributed by atoms with van der Waals surface area (Å²) in [5.74, 6) is 1.86. The summed E-state index contributed by atoms with van der Waals surface area (Å²) in [6.45, 7) is 6.38. The number of nitrogen functional groups attached to an aromatic ring is 1. The highest BCUT2D eigenvalue weighted by Gasteiger charge is 2.16. The van der Waals surface area contributed by atoms with Crippen LogP contribution in [0.25, 0.3) is 16.9 Å². The Bertz CT molecular complexity index is 834. The minimum Gasteiger partial charge on any atom is -0.496 e. The normalized spacial score (nSPS) is 11.3. The van der Waals surface area contributed by atoms with Crippen LogP contribution in [0, 0.1) is 6.92 Å². The number of imidazole rings is 1. The van der Waals surface area contributed by atoms with Gasteiger partial charge < -0.3 is 10.5 Å². The number of fused-ring (bicyclic) bond motifs is 1. The van der Waals surface area contributed by atoms with Gasteiger partial charge in [-0.25, -0.2) is 4.98 Å². The van der Waals surface area contributed by atoms with Gasteiger partial charge in [-0.15, -0.1) is 0 Å². The lowest BCUT2D eigenvalue weighted by Gasteiger charge is -2.12. The van der Waals surface area contributed by atoms with Gasteiger partial charge in [-0.2, -0.15) is 0 Å². The van der Waals surface area contributed by atoms with Crippen molar-refractivity contribution in [3.05, 3.63) is 47.7 Å². The molecule has 3 rings (SSSR count). The molecule has 3 aromatic rings. The Kier molecular flexibility index (Phi) is 3.53. The molecule has 0 saturated heterocycles. The van der Waals surface area contributed by atoms with Gasteiger partial charge in [0, 0.05) is 11.8 Å². The van der Waals surface area contributed by atoms with Crippen molar-refractivity contribution in [2.75, 3.05) is 12.8 Å². The molecule has 0 aliphatic carbocycles. The first-order valence-corrected chi connectivity index (χ1v) is 7.43. The van der Waals surface area contributed by atoms with Crippen molar-refractivity contribution in [2.24, 2.45) is 0 Å². The maximum Gasteiger partial charge on any atom is 0.139 e. The largest absolute Gasteiger partial charge is 0.496 e. The molecule has 2 heterocycles. The number of methoxy groups -OCH3 is 1. The molecule has 0 radical (unpaired) electrons. The third-order valence-corrected chi connectivity index (χ3v) is 3.95. The summed E-state index contributed by atoms with van der Waals surface area (Å²) < 4.78 is 7.43. The summed E-state index contributed by atoms with van der Waals surface area (Å²) in [6, 6.07) is 10.2. The predicted molar refractivity (Wildman–Crippen MR) is 90.4 cm³/mol. The molecule has 0 unspecified atom stereocenters. The van der Waals surface area contributed by atoms with Gasteiger partial charge in [0.25, 0.3) is 0 Å². The third kappa shape index (κ3) is 2.30. The fourth-order valence-corrected chi connectivity index (χ4v) is 2.64. The Morgan fingerprint density at radius 3 is 2.64 bits per heavy atom. The number of hydrogen-bond donors (Lipinski definition) is 1. The Hall–Kier alpha value is -2.49. The van der Waals surface area contributed by atoms with E-state index in [1.54, 1.807) is 7.11 Å². The zero-order chi connectivity index (χ0) is 15.9. The number of aryl methyl sites for hydroxylation is 1. The van der Waals surface area contributed by atoms with E-state index < -0.39 is 0 Å². The number of nitrogens with zero attached hydrogens (tertiary/aromatic N) is 2. The monoisotopic (exact) mass is 295 g/mol. The van der Waals surface area contributed by atoms with Crippen LogP contribution in [0.1, 0.15) is 30.9 Å². The smallest absolute Gasteiger partial charge is 0.139 e. The van der Waals surface area contributed by atoms with Gasteiger partial charge in [-0.1, -0.05) is 26.0 Å². The minimum absolute atomic E-state index is 0.435. The van der Waals surface area contributed by atoms with E-state index in [1.165, 1.54) is 5.56 Å². The number of benzene rings is 1. The van der Waals surface area contributed by atoms with Crippen LogP contribution in [0.3, 0.4) is 0 Å². The van der Waals surface area contributed by atoms with Gasteiger partial charge in [0.2, 0.25) is 0 Å². The van der Waals surface area contributed by atoms with Crippen LogP contribution < -0.4 is 10.5 Å². The number of ether oxygens (including phenoxy) is 1. The maximum atomic E-state index is 6.33. The minimum atomic E-state index is 0.435. The van der Waals surface area contributed by atoms with Crippen molar-refractivity contribution >= 4 is 11.5 Å². The van der Waals surface area contributed by atoms with E-state index >= 15 is 0 Å². The van der Waals surface area contributed by atoms with Crippen LogP contribution in [0.4, 0.5) is 5.82 Å². The quantitative estimate of drug-likeness (QED) is 0.794. The number of rotatable bonds is 3. The number of aromatic nitrogens is 2. The fourth-order valence-electron chi connectivity index (χ4n) is 2.64. The van der Waals surface area contributed by atoms with E-state index in [4.69, 9.17) is 15.5 Å². The highest BCUT2D eigenvalue weighted by molar-refractivity contribution is 5.79. The molecular weight excluding hydrogens is 274 g/mol. The Balaban J connectivity index is 2.26. The van der Waals surface area contributed by atoms with Gasteiger partial charge >= 0.3 is 0 Å². The maximum absolute atomic E-state index is 6.33. The molecule has 1 aromatic carbocycles. The molecule has 0 fully saturated rings. The molecule has 114 valence electrons. The Labute approximate surface area is 130 Å². The molecule has 0 aliphatic rings. The SMILES string of the molecule is COc1ccc(C(C)C)cc1-c1nc2ccc(C)cn2c1N. The van der Waals surface area contributed by atoms with E-state index in [1.807, 2.05) is 35.7 Å². The summed E-state index contributed by atoms with van der Waals surface area (Å²) in [7, 11) is 1.67. The molecule has 2 N–H and O–H groups in total. The van der Waals surface area contributed by atoms with Crippen LogP contribution in [0.15, 0.2) is 36.5 Å². The first-order chi connectivity index (χ1) is 10.5. The molecule has 4 nitrogen and oxygen atoms in total. The zero-order valence-corrected chi connectivity index (χ0v) is 13.4. The summed E-state index contributed by atoms with van der Waals surface area (Å²) in [6.07, 6.45) is 2.00. The molecule has 0 bridgehead atoms. The molecule has 2 aromatic heterocycles. The first kappa shape index (κ1) is 14.4. The van der Waals surface area contributed by atoms with Crippen LogP contribution in [-0.2, 0) is 0 Å². The molecule has 0 saturated carbocycles. The summed E-state index contributed by atoms with van der Waals surface area (Å²) >= 11 is 0. The highest BCUT2D eigenvalue weighted by atomic mass is 16.5. The highest BCUT2D eigenvalue weighted by Crippen LogP contribution is 2.36. The van der Waals surface area contributed by atoms with Crippen LogP contribution >= 0.6 is 0 Å². The van der Waals surface area contributed by atoms with Crippen molar-refractivity contribution in [2.45, 2.75) is 26.7 Å². The average molecular weight is 295 g/mol. The van der Waals surface area contributed by atoms with E-state index in [9.17, 15) is 0 Å². The fraction of sp³-hybridized carbons (Fsp3) is 0.278. The lowest BCUT2D eigenvalue weighted by molar-refractivity contribution is 0.416. The predicted octanol–water partition coefficient (Wildman–Crippen LogP) is 4.02. The van der Waals surface area contributed by atoms with Crippen LogP contribution in [-0.4, -0.2) is 16.5 Å². The lowest BCUT2D eigenvalue weighted by atomic mass is 9.99. The van der Waals surface area contributed by atoms with E-state index in [0.29, 0.717) is 11.7 Å². The van der Waals surface area contributed by atoms with E-state index in [0.717, 1.165) is 28.2 Å². The van der Waals surface area contributed by atoms with Gasteiger partial charge in [-0.3, -0.25) is 4.40 Å². The molecule has 4 heteroatoms. The zero-order valence-electron chi connectivity index (χ0n) is 13.4. The van der Waals surface area contributed by atoms with Crippen molar-refractivity contribution in [1.29, 1.82) is 0 Å². The molecule has 0 aliphatic heterocycles. The molecule has 0 spiro atoms. The number of nitrogens with two attached hydrogens (primary N) is 1. The van der Waals surface area contributed by atoms with Crippen molar-refractivity contribution < 1.29 is 4.74 Å². The molecule has 22 heavy (non-hydrogen) atoms. The standard InChI is InChI=1S/C18H21N3O/c1-11(2)13-6-7-15(22-4)14(9-13)17-18(19)21-10-12(3)5-8-16(21)20-17/h5-11H,19H2,1-4H3. The van der Waals surface area contributed by atoms with Gasteiger partial charge in [0.15, 0.2) is 0 Å². The van der Waals surface area contributed by atoms with Crippen molar-refractivity contribution in [1.82, 2.24) is 9.38 Å². The van der Waals surface area contributed by atoms with Gasteiger partial charge in [0.1, 0.15) is 22.9 Å². The number of hydrogen-bond acceptors (Lipinski definition) is 3. The topological polar surface area (TPSA) is 52.5 Å². The summed E-state index contributed by atoms with van der Waals surface area (Å²) in [5.41, 5.74) is 11.3. The molecule has 0 atom stereocenters. The Morgan fingerprint density at radius 2 is 1.95 bits per heavy atom. The second-order valence-electron chi connectivity index (χ2n) is 5.89. The number of pyridine rings is 1. The van der Waals surface area contributed by atoms with Crippen LogP contribution in [0.5, 0.6) is 5.75 Å².